The van der Waals surface area contributed by atoms with Gasteiger partial charge in [-0.15, -0.1) is 11.3 Å². The Morgan fingerprint density at radius 3 is 2.71 bits per heavy atom. The van der Waals surface area contributed by atoms with Gasteiger partial charge < -0.3 is 25.8 Å². The topological polar surface area (TPSA) is 139 Å². The van der Waals surface area contributed by atoms with Crippen LogP contribution in [0.15, 0.2) is 42.6 Å². The second-order valence-corrected chi connectivity index (χ2v) is 13.8. The highest BCUT2D eigenvalue weighted by molar-refractivity contribution is 7.23. The summed E-state index contributed by atoms with van der Waals surface area (Å²) in [4.78, 5) is 16.4. The number of ether oxygens (including phenoxy) is 2. The molecule has 2 fully saturated rings. The lowest BCUT2D eigenvalue weighted by atomic mass is 9.96. The normalized spacial score (nSPS) is 18.6. The molecule has 2 saturated heterocycles. The predicted molar refractivity (Wildman–Crippen MR) is 190 cm³/mol. The number of hydrogen-bond donors (Lipinski definition) is 2. The number of hydrogen-bond acceptors (Lipinski definition) is 11. The Labute approximate surface area is 303 Å². The van der Waals surface area contributed by atoms with Crippen LogP contribution in [0.25, 0.3) is 32.1 Å². The molecule has 0 spiro atoms. The van der Waals surface area contributed by atoms with E-state index in [1.54, 1.807) is 6.07 Å². The molecule has 0 radical (unpaired) electrons. The van der Waals surface area contributed by atoms with Gasteiger partial charge in [-0.3, -0.25) is 4.90 Å². The van der Waals surface area contributed by atoms with Gasteiger partial charge in [0.2, 0.25) is 0 Å². The van der Waals surface area contributed by atoms with Gasteiger partial charge in [0, 0.05) is 41.4 Å². The molecule has 3 aromatic heterocycles. The number of thiophene rings is 1. The number of nitriles is 1. The summed E-state index contributed by atoms with van der Waals surface area (Å²) in [6.07, 6.45) is 2.90. The maximum atomic E-state index is 16.7. The molecule has 5 aromatic rings. The zero-order chi connectivity index (χ0) is 36.8. The van der Waals surface area contributed by atoms with E-state index in [1.807, 2.05) is 6.07 Å². The van der Waals surface area contributed by atoms with Crippen molar-refractivity contribution in [2.45, 2.75) is 37.5 Å². The Hall–Kier alpha value is -4.98. The summed E-state index contributed by atoms with van der Waals surface area (Å²) in [6.45, 7) is 1.72. The molecule has 52 heavy (non-hydrogen) atoms. The number of halogens is 6. The van der Waals surface area contributed by atoms with Gasteiger partial charge >= 0.3 is 6.01 Å². The molecule has 270 valence electrons. The van der Waals surface area contributed by atoms with Crippen molar-refractivity contribution in [3.8, 4) is 29.0 Å². The maximum absolute atomic E-state index is 16.7. The number of alkyl halides is 1. The van der Waals surface area contributed by atoms with Crippen LogP contribution in [-0.2, 0) is 0 Å². The van der Waals surface area contributed by atoms with Crippen molar-refractivity contribution in [2.75, 3.05) is 49.7 Å². The lowest BCUT2D eigenvalue weighted by molar-refractivity contribution is 0.292. The molecule has 17 heteroatoms. The fourth-order valence-corrected chi connectivity index (χ4v) is 8.49. The number of rotatable bonds is 5. The van der Waals surface area contributed by atoms with Gasteiger partial charge in [-0.1, -0.05) is 23.7 Å². The maximum Gasteiger partial charge on any atom is 0.318 e. The Morgan fingerprint density at radius 1 is 1.19 bits per heavy atom. The monoisotopic (exact) mass is 756 g/mol. The van der Waals surface area contributed by atoms with E-state index in [2.05, 4.69) is 19.9 Å². The van der Waals surface area contributed by atoms with Crippen LogP contribution in [0, 0.1) is 23.0 Å². The number of aromatic nitrogens is 3. The van der Waals surface area contributed by atoms with Crippen molar-refractivity contribution in [3.63, 3.8) is 0 Å². The molecule has 8 rings (SSSR count). The molecule has 0 saturated carbocycles. The van der Waals surface area contributed by atoms with Crippen molar-refractivity contribution in [3.05, 3.63) is 70.4 Å². The number of nitrogens with zero attached hydrogens (tertiary/aromatic N) is 6. The standard InChI is InChI=1S/C28H18ClF4N7O2S.C7H12FN/c1-41-28-38-22-19-23(20(29)18(21(22)33)12-4-5-14(30)24-17(12)13(10-34)26(36)43-24)42-8-7-40(27(19)39-28)15(9-16(31)32)11-3-2-6-37-25(11)35;8-6-4-7-2-1-3-9(7)5-6/h2-6,9,15H,7-8,36H2,1H3,(H2,35,37);6-7H,1-5H2. The number of anilines is 3. The summed E-state index contributed by atoms with van der Waals surface area (Å²) in [5.41, 5.74) is 11.8. The molecule has 0 aliphatic carbocycles. The third-order valence-electron chi connectivity index (χ3n) is 9.44. The van der Waals surface area contributed by atoms with E-state index in [-0.39, 0.29) is 89.8 Å². The van der Waals surface area contributed by atoms with Crippen LogP contribution in [0.1, 0.15) is 36.4 Å². The first-order valence-electron chi connectivity index (χ1n) is 16.2. The molecule has 3 aliphatic rings. The first-order valence-corrected chi connectivity index (χ1v) is 17.4. The minimum Gasteiger partial charge on any atom is -0.489 e. The zero-order valence-corrected chi connectivity index (χ0v) is 29.0. The van der Waals surface area contributed by atoms with Crippen LogP contribution in [0.5, 0.6) is 11.8 Å². The second kappa shape index (κ2) is 14.2. The van der Waals surface area contributed by atoms with Crippen LogP contribution in [0.2, 0.25) is 5.02 Å². The van der Waals surface area contributed by atoms with Gasteiger partial charge in [0.1, 0.15) is 46.8 Å². The van der Waals surface area contributed by atoms with Crippen LogP contribution in [-0.4, -0.2) is 65.4 Å². The van der Waals surface area contributed by atoms with Gasteiger partial charge in [-0.2, -0.15) is 24.0 Å². The van der Waals surface area contributed by atoms with E-state index in [9.17, 15) is 22.8 Å². The summed E-state index contributed by atoms with van der Waals surface area (Å²) in [6, 6.07) is 6.54. The Bertz CT molecular complexity index is 2270. The number of pyridine rings is 1. The number of nitrogen functional groups attached to an aromatic ring is 2. The lowest BCUT2D eigenvalue weighted by Crippen LogP contribution is -2.32. The molecule has 0 amide bonds. The van der Waals surface area contributed by atoms with Gasteiger partial charge in [-0.05, 0) is 43.5 Å². The van der Waals surface area contributed by atoms with Crippen molar-refractivity contribution in [1.82, 2.24) is 19.9 Å². The van der Waals surface area contributed by atoms with E-state index in [4.69, 9.17) is 32.5 Å². The zero-order valence-electron chi connectivity index (χ0n) is 27.5. The fourth-order valence-electron chi connectivity index (χ4n) is 7.21. The largest absolute Gasteiger partial charge is 0.489 e. The highest BCUT2D eigenvalue weighted by atomic mass is 35.5. The summed E-state index contributed by atoms with van der Waals surface area (Å²) >= 11 is 7.68. The first-order chi connectivity index (χ1) is 25.0. The van der Waals surface area contributed by atoms with Gasteiger partial charge in [0.05, 0.1) is 40.4 Å². The van der Waals surface area contributed by atoms with Gasteiger partial charge in [0.15, 0.2) is 11.6 Å². The quantitative estimate of drug-likeness (QED) is 0.171. The van der Waals surface area contributed by atoms with E-state index >= 15 is 4.39 Å². The third kappa shape index (κ3) is 6.16. The van der Waals surface area contributed by atoms with Crippen LogP contribution in [0.3, 0.4) is 0 Å². The molecule has 3 aliphatic heterocycles. The highest BCUT2D eigenvalue weighted by Crippen LogP contribution is 2.51. The molecular formula is C35H30ClF5N8O2S. The van der Waals surface area contributed by atoms with Gasteiger partial charge in [-0.25, -0.2) is 18.2 Å². The predicted octanol–water partition coefficient (Wildman–Crippen LogP) is 7.80. The van der Waals surface area contributed by atoms with Crippen molar-refractivity contribution >= 4 is 60.6 Å². The molecule has 6 heterocycles. The summed E-state index contributed by atoms with van der Waals surface area (Å²) in [7, 11) is 1.26. The average molecular weight is 757 g/mol. The minimum absolute atomic E-state index is 0.00382. The molecular weight excluding hydrogens is 727 g/mol. The van der Waals surface area contributed by atoms with Crippen molar-refractivity contribution in [1.29, 1.82) is 5.26 Å². The second-order valence-electron chi connectivity index (χ2n) is 12.4. The molecule has 3 unspecified atom stereocenters. The minimum atomic E-state index is -2.00. The lowest BCUT2D eigenvalue weighted by Gasteiger charge is -2.30. The number of benzene rings is 2. The van der Waals surface area contributed by atoms with Crippen LogP contribution in [0.4, 0.5) is 38.6 Å². The molecule has 4 N–H and O–H groups in total. The number of nitrogens with two attached hydrogens (primary N) is 2. The van der Waals surface area contributed by atoms with Crippen LogP contribution < -0.4 is 25.8 Å². The van der Waals surface area contributed by atoms with E-state index < -0.39 is 29.9 Å². The highest BCUT2D eigenvalue weighted by Gasteiger charge is 2.36. The van der Waals surface area contributed by atoms with Gasteiger partial charge in [0.25, 0.3) is 6.08 Å². The fraction of sp³-hybridized carbons (Fsp3) is 0.314. The SMILES string of the molecule is COc1nc2c3c(c(Cl)c(-c4ccc(F)c5sc(N)c(C#N)c45)c(F)c3n1)OCCN2C(C=C(F)F)c1cccnc1N.FC1CC2CCCN2C1. The van der Waals surface area contributed by atoms with E-state index in [0.29, 0.717) is 18.7 Å². The smallest absolute Gasteiger partial charge is 0.318 e. The van der Waals surface area contributed by atoms with Crippen molar-refractivity contribution in [2.24, 2.45) is 0 Å². The molecule has 2 aromatic carbocycles. The van der Waals surface area contributed by atoms with E-state index in [1.165, 1.54) is 43.2 Å². The average Bonchev–Trinajstić information content (AvgIpc) is 3.76. The van der Waals surface area contributed by atoms with E-state index in [0.717, 1.165) is 30.4 Å². The summed E-state index contributed by atoms with van der Waals surface area (Å²) < 4.78 is 83.1. The number of methoxy groups -OCH3 is 1. The number of fused-ring (bicyclic) bond motifs is 2. The molecule has 3 atom stereocenters. The Kier molecular flexibility index (Phi) is 9.68. The third-order valence-corrected chi connectivity index (χ3v) is 10.8. The Balaban J connectivity index is 0.000000404. The summed E-state index contributed by atoms with van der Waals surface area (Å²) in [5.74, 6) is -1.69. The first kappa shape index (κ1) is 35.4. The van der Waals surface area contributed by atoms with Crippen LogP contribution >= 0.6 is 22.9 Å². The molecule has 10 nitrogen and oxygen atoms in total. The summed E-state index contributed by atoms with van der Waals surface area (Å²) in [5, 5.41) is 9.65. The Morgan fingerprint density at radius 2 is 2.00 bits per heavy atom. The molecule has 0 bridgehead atoms. The van der Waals surface area contributed by atoms with Crippen molar-refractivity contribution < 1.29 is 31.4 Å².